The first-order valence-corrected chi connectivity index (χ1v) is 8.65. The minimum absolute atomic E-state index is 0.0646. The van der Waals surface area contributed by atoms with Gasteiger partial charge in [0, 0.05) is 17.8 Å². The average molecular weight is 346 g/mol. The molecule has 1 N–H and O–H groups in total. The lowest BCUT2D eigenvalue weighted by molar-refractivity contribution is 0.611. The van der Waals surface area contributed by atoms with E-state index in [0.717, 1.165) is 11.4 Å². The zero-order valence-electron chi connectivity index (χ0n) is 11.4. The molecule has 0 saturated heterocycles. The van der Waals surface area contributed by atoms with Crippen molar-refractivity contribution in [3.63, 3.8) is 0 Å². The van der Waals surface area contributed by atoms with Crippen LogP contribution in [0.5, 0.6) is 0 Å². The van der Waals surface area contributed by atoms with Crippen molar-refractivity contribution < 1.29 is 0 Å². The molecular weight excluding hydrogens is 326 g/mol. The fourth-order valence-corrected chi connectivity index (χ4v) is 4.11. The second-order valence-corrected chi connectivity index (χ2v) is 6.98. The molecule has 1 aliphatic rings. The van der Waals surface area contributed by atoms with E-state index in [-0.39, 0.29) is 5.56 Å². The minimum Gasteiger partial charge on any atom is -0.379 e. The molecule has 0 aromatic carbocycles. The molecule has 0 spiro atoms. The molecule has 1 aromatic rings. The van der Waals surface area contributed by atoms with Crippen molar-refractivity contribution in [3.8, 4) is 0 Å². The number of nitrogens with one attached hydrogen (secondary N) is 1. The third-order valence-electron chi connectivity index (χ3n) is 3.46. The third kappa shape index (κ3) is 3.34. The van der Waals surface area contributed by atoms with Gasteiger partial charge < -0.3 is 5.32 Å². The molecular formula is C13H20BrN3OS. The molecule has 1 saturated carbocycles. The van der Waals surface area contributed by atoms with Crippen molar-refractivity contribution in [2.45, 2.75) is 50.9 Å². The molecule has 106 valence electrons. The molecule has 6 heteroatoms. The first-order valence-electron chi connectivity index (χ1n) is 6.81. The topological polar surface area (TPSA) is 46.9 Å². The molecule has 1 aliphatic carbocycles. The van der Waals surface area contributed by atoms with Crippen LogP contribution in [0.25, 0.3) is 0 Å². The summed E-state index contributed by atoms with van der Waals surface area (Å²) >= 11 is 5.40. The summed E-state index contributed by atoms with van der Waals surface area (Å²) in [6, 6.07) is 0.444. The molecule has 2 unspecified atom stereocenters. The maximum absolute atomic E-state index is 12.0. The molecule has 0 radical (unpaired) electrons. The van der Waals surface area contributed by atoms with Gasteiger partial charge in [0.05, 0.1) is 11.9 Å². The van der Waals surface area contributed by atoms with Crippen LogP contribution in [0.3, 0.4) is 0 Å². The molecule has 0 amide bonds. The summed E-state index contributed by atoms with van der Waals surface area (Å²) < 4.78 is 2.05. The zero-order valence-corrected chi connectivity index (χ0v) is 13.8. The van der Waals surface area contributed by atoms with Crippen LogP contribution in [0.2, 0.25) is 0 Å². The highest BCUT2D eigenvalue weighted by Gasteiger charge is 2.27. The van der Waals surface area contributed by atoms with E-state index in [9.17, 15) is 4.79 Å². The predicted molar refractivity (Wildman–Crippen MR) is 85.1 cm³/mol. The lowest BCUT2D eigenvalue weighted by Crippen LogP contribution is -2.29. The predicted octanol–water partition coefficient (Wildman–Crippen LogP) is 3.11. The molecule has 0 aliphatic heterocycles. The van der Waals surface area contributed by atoms with E-state index in [2.05, 4.69) is 33.3 Å². The summed E-state index contributed by atoms with van der Waals surface area (Å²) in [6.07, 6.45) is 5.43. The van der Waals surface area contributed by atoms with Gasteiger partial charge in [-0.15, -0.1) is 0 Å². The van der Waals surface area contributed by atoms with Crippen molar-refractivity contribution in [1.29, 1.82) is 0 Å². The van der Waals surface area contributed by atoms with Crippen LogP contribution in [0.1, 0.15) is 33.1 Å². The normalized spacial score (nSPS) is 22.7. The fourth-order valence-electron chi connectivity index (χ4n) is 2.50. The van der Waals surface area contributed by atoms with E-state index < -0.39 is 0 Å². The number of rotatable bonds is 5. The number of hydrogen-bond donors (Lipinski definition) is 1. The van der Waals surface area contributed by atoms with E-state index in [0.29, 0.717) is 22.3 Å². The summed E-state index contributed by atoms with van der Waals surface area (Å²) in [5, 5.41) is 8.31. The summed E-state index contributed by atoms with van der Waals surface area (Å²) in [4.78, 5) is 12.0. The summed E-state index contributed by atoms with van der Waals surface area (Å²) in [5.41, 5.74) is 0.758. The Balaban J connectivity index is 2.15. The molecule has 1 aromatic heterocycles. The molecule has 4 nitrogen and oxygen atoms in total. The Labute approximate surface area is 126 Å². The minimum atomic E-state index is -0.0646. The second kappa shape index (κ2) is 6.79. The van der Waals surface area contributed by atoms with Gasteiger partial charge in [-0.2, -0.15) is 16.9 Å². The van der Waals surface area contributed by atoms with E-state index >= 15 is 0 Å². The van der Waals surface area contributed by atoms with Gasteiger partial charge >= 0.3 is 0 Å². The van der Waals surface area contributed by atoms with Crippen molar-refractivity contribution in [3.05, 3.63) is 21.0 Å². The Morgan fingerprint density at radius 3 is 3.00 bits per heavy atom. The lowest BCUT2D eigenvalue weighted by Gasteiger charge is -2.21. The Bertz CT molecular complexity index is 491. The van der Waals surface area contributed by atoms with E-state index in [1.165, 1.54) is 23.9 Å². The van der Waals surface area contributed by atoms with Gasteiger partial charge in [0.15, 0.2) is 0 Å². The number of aromatic nitrogens is 2. The van der Waals surface area contributed by atoms with Crippen molar-refractivity contribution in [1.82, 2.24) is 9.78 Å². The quantitative estimate of drug-likeness (QED) is 0.890. The molecule has 19 heavy (non-hydrogen) atoms. The highest BCUT2D eigenvalue weighted by molar-refractivity contribution is 9.10. The van der Waals surface area contributed by atoms with Gasteiger partial charge in [0.25, 0.3) is 5.56 Å². The van der Waals surface area contributed by atoms with Crippen LogP contribution < -0.4 is 10.9 Å². The van der Waals surface area contributed by atoms with Gasteiger partial charge in [0.1, 0.15) is 4.47 Å². The Morgan fingerprint density at radius 1 is 1.53 bits per heavy atom. The van der Waals surface area contributed by atoms with Crippen LogP contribution >= 0.6 is 27.7 Å². The fraction of sp³-hybridized carbons (Fsp3) is 0.692. The highest BCUT2D eigenvalue weighted by Crippen LogP contribution is 2.32. The van der Waals surface area contributed by atoms with Gasteiger partial charge in [-0.1, -0.05) is 13.3 Å². The zero-order chi connectivity index (χ0) is 13.8. The van der Waals surface area contributed by atoms with Crippen LogP contribution in [0.15, 0.2) is 15.5 Å². The van der Waals surface area contributed by atoms with E-state index in [1.54, 1.807) is 6.20 Å². The van der Waals surface area contributed by atoms with Gasteiger partial charge in [-0.3, -0.25) is 4.79 Å². The Morgan fingerprint density at radius 2 is 2.32 bits per heavy atom. The molecule has 2 rings (SSSR count). The van der Waals surface area contributed by atoms with Gasteiger partial charge in [0.2, 0.25) is 0 Å². The van der Waals surface area contributed by atoms with Crippen molar-refractivity contribution >= 4 is 33.4 Å². The van der Waals surface area contributed by atoms with Crippen LogP contribution in [-0.4, -0.2) is 26.8 Å². The average Bonchev–Trinajstić information content (AvgIpc) is 2.83. The molecule has 1 heterocycles. The van der Waals surface area contributed by atoms with Crippen LogP contribution in [0, 0.1) is 0 Å². The SMILES string of the molecule is CCSC1CCCC1Nc1cnn(CC)c(=O)c1Br. The monoisotopic (exact) mass is 345 g/mol. The number of thioether (sulfide) groups is 1. The number of halogens is 1. The van der Waals surface area contributed by atoms with Crippen molar-refractivity contribution in [2.75, 3.05) is 11.1 Å². The Hall–Kier alpha value is -0.490. The maximum atomic E-state index is 12.0. The lowest BCUT2D eigenvalue weighted by atomic mass is 10.2. The van der Waals surface area contributed by atoms with Crippen LogP contribution in [0.4, 0.5) is 5.69 Å². The largest absolute Gasteiger partial charge is 0.379 e. The first kappa shape index (κ1) is 14.9. The summed E-state index contributed by atoms with van der Waals surface area (Å²) in [7, 11) is 0. The van der Waals surface area contributed by atoms with Crippen LogP contribution in [-0.2, 0) is 6.54 Å². The smallest absolute Gasteiger partial charge is 0.283 e. The van der Waals surface area contributed by atoms with E-state index in [1.807, 2.05) is 18.7 Å². The highest BCUT2D eigenvalue weighted by atomic mass is 79.9. The summed E-state index contributed by atoms with van der Waals surface area (Å²) in [6.45, 7) is 4.70. The number of aryl methyl sites for hydroxylation is 1. The maximum Gasteiger partial charge on any atom is 0.283 e. The summed E-state index contributed by atoms with van der Waals surface area (Å²) in [5.74, 6) is 1.14. The van der Waals surface area contributed by atoms with Gasteiger partial charge in [-0.25, -0.2) is 4.68 Å². The van der Waals surface area contributed by atoms with Crippen molar-refractivity contribution in [2.24, 2.45) is 0 Å². The number of nitrogens with zero attached hydrogens (tertiary/aromatic N) is 2. The third-order valence-corrected chi connectivity index (χ3v) is 5.55. The molecule has 2 atom stereocenters. The van der Waals surface area contributed by atoms with Gasteiger partial charge in [-0.05, 0) is 41.4 Å². The standard InChI is InChI=1S/C13H20BrN3OS/c1-3-17-13(18)12(14)10(8-15-17)16-9-6-5-7-11(9)19-4-2/h8-9,11,16H,3-7H2,1-2H3. The van der Waals surface area contributed by atoms with E-state index in [4.69, 9.17) is 0 Å². The number of hydrogen-bond acceptors (Lipinski definition) is 4. The molecule has 1 fully saturated rings. The second-order valence-electron chi connectivity index (χ2n) is 4.67. The first-order chi connectivity index (χ1) is 9.17. The Kier molecular flexibility index (Phi) is 5.33. The molecule has 0 bridgehead atoms. The number of anilines is 1.